The van der Waals surface area contributed by atoms with Gasteiger partial charge in [0.15, 0.2) is 0 Å². The van der Waals surface area contributed by atoms with Crippen LogP contribution in [0.4, 0.5) is 0 Å². The van der Waals surface area contributed by atoms with E-state index in [0.29, 0.717) is 23.9 Å². The number of phenols is 1. The van der Waals surface area contributed by atoms with Gasteiger partial charge in [-0.15, -0.1) is 0 Å². The summed E-state index contributed by atoms with van der Waals surface area (Å²) in [6, 6.07) is 12.9. The Morgan fingerprint density at radius 1 is 1.06 bits per heavy atom. The first-order valence-corrected chi connectivity index (χ1v) is 11.3. The van der Waals surface area contributed by atoms with Gasteiger partial charge >= 0.3 is 0 Å². The quantitative estimate of drug-likeness (QED) is 0.422. The molecule has 6 heteroatoms. The van der Waals surface area contributed by atoms with Crippen molar-refractivity contribution in [3.05, 3.63) is 64.8 Å². The summed E-state index contributed by atoms with van der Waals surface area (Å²) in [4.78, 5) is 16.1. The van der Waals surface area contributed by atoms with E-state index in [1.165, 1.54) is 25.7 Å². The van der Waals surface area contributed by atoms with E-state index in [1.807, 2.05) is 12.1 Å². The molecule has 2 aromatic carbocycles. The predicted molar refractivity (Wildman–Crippen MR) is 122 cm³/mol. The SMILES string of the molecule is NC[C@H]1CC[C@H](CNCc2[nH]c3ccccc3c2C2NC(=O)c3ccc(O)cc32)CC1. The summed E-state index contributed by atoms with van der Waals surface area (Å²) >= 11 is 0. The molecule has 1 aliphatic heterocycles. The zero-order valence-electron chi connectivity index (χ0n) is 17.7. The molecule has 1 amide bonds. The summed E-state index contributed by atoms with van der Waals surface area (Å²) in [6.45, 7) is 2.50. The van der Waals surface area contributed by atoms with Gasteiger partial charge in [-0.1, -0.05) is 18.2 Å². The Bertz CT molecular complexity index is 1100. The monoisotopic (exact) mass is 418 g/mol. The third-order valence-corrected chi connectivity index (χ3v) is 7.02. The summed E-state index contributed by atoms with van der Waals surface area (Å²) < 4.78 is 0. The molecule has 162 valence electrons. The minimum absolute atomic E-state index is 0.0964. The number of fused-ring (bicyclic) bond motifs is 2. The third kappa shape index (κ3) is 3.82. The fraction of sp³-hybridized carbons (Fsp3) is 0.400. The van der Waals surface area contributed by atoms with Crippen molar-refractivity contribution in [1.29, 1.82) is 0 Å². The molecule has 0 saturated heterocycles. The molecule has 3 aromatic rings. The van der Waals surface area contributed by atoms with Crippen molar-refractivity contribution in [3.8, 4) is 5.75 Å². The van der Waals surface area contributed by atoms with Gasteiger partial charge in [0, 0.05) is 34.3 Å². The second-order valence-electron chi connectivity index (χ2n) is 8.99. The highest BCUT2D eigenvalue weighted by molar-refractivity contribution is 6.01. The first-order chi connectivity index (χ1) is 15.1. The van der Waals surface area contributed by atoms with E-state index >= 15 is 0 Å². The van der Waals surface area contributed by atoms with Crippen LogP contribution in [0.1, 0.15) is 58.9 Å². The summed E-state index contributed by atoms with van der Waals surface area (Å²) in [5, 5.41) is 17.9. The molecule has 2 aliphatic rings. The van der Waals surface area contributed by atoms with Gasteiger partial charge in [-0.25, -0.2) is 0 Å². The lowest BCUT2D eigenvalue weighted by atomic mass is 9.82. The molecule has 0 bridgehead atoms. The Morgan fingerprint density at radius 3 is 2.65 bits per heavy atom. The fourth-order valence-electron chi connectivity index (χ4n) is 5.27. The number of aromatic hydroxyl groups is 1. The standard InChI is InChI=1S/C25H30N4O2/c26-12-15-5-7-16(8-6-15)13-27-14-22-23(19-3-1-2-4-21(19)28-22)24-20-11-17(30)9-10-18(20)25(31)29-24/h1-4,9-11,15-16,24,27-28,30H,5-8,12-14,26H2,(H,29,31)/t15-,16-,24?. The first kappa shape index (κ1) is 20.1. The number of phenolic OH excluding ortho intramolecular Hbond substituents is 1. The van der Waals surface area contributed by atoms with Gasteiger partial charge < -0.3 is 26.5 Å². The predicted octanol–water partition coefficient (Wildman–Crippen LogP) is 3.56. The van der Waals surface area contributed by atoms with Crippen molar-refractivity contribution in [2.24, 2.45) is 17.6 Å². The van der Waals surface area contributed by atoms with Crippen molar-refractivity contribution < 1.29 is 9.90 Å². The molecule has 2 heterocycles. The van der Waals surface area contributed by atoms with E-state index < -0.39 is 0 Å². The lowest BCUT2D eigenvalue weighted by molar-refractivity contribution is 0.0960. The smallest absolute Gasteiger partial charge is 0.252 e. The summed E-state index contributed by atoms with van der Waals surface area (Å²) in [6.07, 6.45) is 4.93. The molecule has 0 radical (unpaired) electrons. The van der Waals surface area contributed by atoms with Crippen LogP contribution >= 0.6 is 0 Å². The number of hydrogen-bond donors (Lipinski definition) is 5. The van der Waals surface area contributed by atoms with Gasteiger partial charge in [-0.2, -0.15) is 0 Å². The second kappa shape index (κ2) is 8.36. The number of nitrogens with two attached hydrogens (primary N) is 1. The largest absolute Gasteiger partial charge is 0.508 e. The van der Waals surface area contributed by atoms with Gasteiger partial charge in [0.2, 0.25) is 0 Å². The molecule has 0 spiro atoms. The average Bonchev–Trinajstić information content (AvgIpc) is 3.31. The normalized spacial score (nSPS) is 23.1. The number of rotatable bonds is 6. The van der Waals surface area contributed by atoms with Gasteiger partial charge in [0.05, 0.1) is 6.04 Å². The van der Waals surface area contributed by atoms with Crippen LogP contribution in [0.2, 0.25) is 0 Å². The maximum absolute atomic E-state index is 12.6. The number of para-hydroxylation sites is 1. The first-order valence-electron chi connectivity index (χ1n) is 11.3. The van der Waals surface area contributed by atoms with E-state index in [2.05, 4.69) is 27.8 Å². The van der Waals surface area contributed by atoms with Crippen LogP contribution in [0, 0.1) is 11.8 Å². The molecular weight excluding hydrogens is 388 g/mol. The molecule has 1 atom stereocenters. The zero-order valence-corrected chi connectivity index (χ0v) is 17.7. The Kier molecular flexibility index (Phi) is 5.42. The second-order valence-corrected chi connectivity index (χ2v) is 8.99. The maximum Gasteiger partial charge on any atom is 0.252 e. The molecule has 6 N–H and O–H groups in total. The van der Waals surface area contributed by atoms with E-state index in [0.717, 1.165) is 40.8 Å². The molecule has 1 aromatic heterocycles. The summed E-state index contributed by atoms with van der Waals surface area (Å²) in [7, 11) is 0. The fourth-order valence-corrected chi connectivity index (χ4v) is 5.27. The van der Waals surface area contributed by atoms with Crippen molar-refractivity contribution in [2.75, 3.05) is 13.1 Å². The van der Waals surface area contributed by atoms with E-state index in [4.69, 9.17) is 5.73 Å². The molecule has 1 aliphatic carbocycles. The number of nitrogens with one attached hydrogen (secondary N) is 3. The lowest BCUT2D eigenvalue weighted by Crippen LogP contribution is -2.29. The highest BCUT2D eigenvalue weighted by atomic mass is 16.3. The third-order valence-electron chi connectivity index (χ3n) is 7.02. The molecular formula is C25H30N4O2. The topological polar surface area (TPSA) is 103 Å². The van der Waals surface area contributed by atoms with E-state index in [9.17, 15) is 9.90 Å². The van der Waals surface area contributed by atoms with Gasteiger partial charge in [-0.3, -0.25) is 4.79 Å². The number of hydrogen-bond acceptors (Lipinski definition) is 4. The van der Waals surface area contributed by atoms with E-state index in [1.54, 1.807) is 18.2 Å². The van der Waals surface area contributed by atoms with Gasteiger partial charge in [-0.05, 0) is 80.4 Å². The zero-order chi connectivity index (χ0) is 21.4. The Labute approximate surface area is 182 Å². The Balaban J connectivity index is 1.40. The maximum atomic E-state index is 12.6. The van der Waals surface area contributed by atoms with Gasteiger partial charge in [0.1, 0.15) is 5.75 Å². The van der Waals surface area contributed by atoms with Gasteiger partial charge in [0.25, 0.3) is 5.91 Å². The minimum Gasteiger partial charge on any atom is -0.508 e. The lowest BCUT2D eigenvalue weighted by Gasteiger charge is -2.27. The van der Waals surface area contributed by atoms with Crippen LogP contribution in [-0.4, -0.2) is 29.1 Å². The number of carbonyl (C=O) groups excluding carboxylic acids is 1. The number of aromatic nitrogens is 1. The molecule has 31 heavy (non-hydrogen) atoms. The van der Waals surface area contributed by atoms with Crippen LogP contribution in [-0.2, 0) is 6.54 Å². The average molecular weight is 419 g/mol. The molecule has 1 saturated carbocycles. The van der Waals surface area contributed by atoms with Crippen molar-refractivity contribution in [3.63, 3.8) is 0 Å². The molecule has 1 unspecified atom stereocenters. The highest BCUT2D eigenvalue weighted by Crippen LogP contribution is 2.38. The summed E-state index contributed by atoms with van der Waals surface area (Å²) in [5.74, 6) is 1.47. The number of aromatic amines is 1. The van der Waals surface area contributed by atoms with Crippen LogP contribution in [0.5, 0.6) is 5.75 Å². The Morgan fingerprint density at radius 2 is 1.84 bits per heavy atom. The molecule has 5 rings (SSSR count). The van der Waals surface area contributed by atoms with Crippen LogP contribution in [0.25, 0.3) is 10.9 Å². The Hall–Kier alpha value is -2.83. The van der Waals surface area contributed by atoms with E-state index in [-0.39, 0.29) is 17.7 Å². The molecule has 6 nitrogen and oxygen atoms in total. The number of benzene rings is 2. The number of H-pyrrole nitrogens is 1. The van der Waals surface area contributed by atoms with Crippen molar-refractivity contribution in [1.82, 2.24) is 15.6 Å². The molecule has 1 fully saturated rings. The number of amides is 1. The van der Waals surface area contributed by atoms with Crippen molar-refractivity contribution in [2.45, 2.75) is 38.3 Å². The van der Waals surface area contributed by atoms with Crippen LogP contribution in [0.3, 0.4) is 0 Å². The van der Waals surface area contributed by atoms with Crippen LogP contribution < -0.4 is 16.4 Å². The highest BCUT2D eigenvalue weighted by Gasteiger charge is 2.33. The summed E-state index contributed by atoms with van der Waals surface area (Å²) in [5.41, 5.74) is 10.5. The van der Waals surface area contributed by atoms with Crippen LogP contribution in [0.15, 0.2) is 42.5 Å². The minimum atomic E-state index is -0.275. The van der Waals surface area contributed by atoms with Crippen molar-refractivity contribution >= 4 is 16.8 Å². The number of carbonyl (C=O) groups is 1.